The van der Waals surface area contributed by atoms with Gasteiger partial charge in [0.05, 0.1) is 11.5 Å². The topological polar surface area (TPSA) is 57.6 Å². The molecule has 0 aliphatic heterocycles. The summed E-state index contributed by atoms with van der Waals surface area (Å²) in [5.74, 6) is 0. The predicted octanol–water partition coefficient (Wildman–Crippen LogP) is 1.37. The van der Waals surface area contributed by atoms with E-state index in [1.165, 1.54) is 7.05 Å². The quantitative estimate of drug-likeness (QED) is 0.914. The highest BCUT2D eigenvalue weighted by atomic mass is 79.9. The molecule has 1 rings (SSSR count). The molecule has 1 aromatic rings. The van der Waals surface area contributed by atoms with Crippen LogP contribution in [0.3, 0.4) is 0 Å². The Morgan fingerprint density at radius 3 is 2.56 bits per heavy atom. The molecule has 0 bridgehead atoms. The summed E-state index contributed by atoms with van der Waals surface area (Å²) in [7, 11) is -2.08. The summed E-state index contributed by atoms with van der Waals surface area (Å²) in [6, 6.07) is 5.05. The number of hydrogen-bond donors (Lipinski definition) is 1. The fraction of sp³-hybridized carbons (Fsp3) is 0.400. The van der Waals surface area contributed by atoms with E-state index in [1.54, 1.807) is 18.2 Å². The molecule has 0 saturated carbocycles. The zero-order chi connectivity index (χ0) is 12.3. The second kappa shape index (κ2) is 5.27. The van der Waals surface area contributed by atoms with Gasteiger partial charge in [-0.25, -0.2) is 8.42 Å². The number of aliphatic hydroxyl groups excluding tert-OH is 1. The standard InChI is InChI=1S/C10H14BrNO3S/c1-8-3-4-10(9(11)7-8)16(14,15)12(2)5-6-13/h3-4,7,13H,5-6H2,1-2H3. The Balaban J connectivity index is 3.17. The van der Waals surface area contributed by atoms with Gasteiger partial charge in [-0.1, -0.05) is 6.07 Å². The molecule has 0 unspecified atom stereocenters. The van der Waals surface area contributed by atoms with Crippen LogP contribution >= 0.6 is 15.9 Å². The Bertz CT molecular complexity index is 473. The minimum Gasteiger partial charge on any atom is -0.395 e. The lowest BCUT2D eigenvalue weighted by molar-refractivity contribution is 0.266. The first-order valence-corrected chi connectivity index (χ1v) is 6.96. The Morgan fingerprint density at radius 2 is 2.06 bits per heavy atom. The van der Waals surface area contributed by atoms with E-state index in [0.29, 0.717) is 4.47 Å². The number of hydrogen-bond acceptors (Lipinski definition) is 3. The van der Waals surface area contributed by atoms with E-state index in [1.807, 2.05) is 6.92 Å². The summed E-state index contributed by atoms with van der Waals surface area (Å²) >= 11 is 3.23. The molecule has 0 fully saturated rings. The molecule has 6 heteroatoms. The Morgan fingerprint density at radius 1 is 1.44 bits per heavy atom. The van der Waals surface area contributed by atoms with Gasteiger partial charge in [-0.15, -0.1) is 0 Å². The van der Waals surface area contributed by atoms with E-state index >= 15 is 0 Å². The number of halogens is 1. The van der Waals surface area contributed by atoms with Crippen molar-refractivity contribution in [3.8, 4) is 0 Å². The van der Waals surface area contributed by atoms with E-state index in [2.05, 4.69) is 15.9 Å². The summed E-state index contributed by atoms with van der Waals surface area (Å²) in [6.07, 6.45) is 0. The molecule has 0 radical (unpaired) electrons. The van der Waals surface area contributed by atoms with Crippen LogP contribution in [0.5, 0.6) is 0 Å². The Kier molecular flexibility index (Phi) is 4.49. The molecule has 0 aliphatic rings. The van der Waals surface area contributed by atoms with Gasteiger partial charge in [-0.05, 0) is 40.5 Å². The molecule has 0 spiro atoms. The number of rotatable bonds is 4. The summed E-state index contributed by atoms with van der Waals surface area (Å²) in [5, 5.41) is 8.74. The summed E-state index contributed by atoms with van der Waals surface area (Å²) < 4.78 is 25.7. The van der Waals surface area contributed by atoms with Crippen LogP contribution in [0.2, 0.25) is 0 Å². The third kappa shape index (κ3) is 2.82. The van der Waals surface area contributed by atoms with E-state index in [9.17, 15) is 8.42 Å². The van der Waals surface area contributed by atoms with E-state index < -0.39 is 10.0 Å². The van der Waals surface area contributed by atoms with Crippen LogP contribution in [-0.4, -0.2) is 38.0 Å². The van der Waals surface area contributed by atoms with E-state index in [4.69, 9.17) is 5.11 Å². The van der Waals surface area contributed by atoms with Crippen molar-refractivity contribution in [3.05, 3.63) is 28.2 Å². The van der Waals surface area contributed by atoms with Crippen LogP contribution < -0.4 is 0 Å². The van der Waals surface area contributed by atoms with Gasteiger partial charge in [0, 0.05) is 18.1 Å². The maximum absolute atomic E-state index is 12.0. The Labute approximate surface area is 104 Å². The smallest absolute Gasteiger partial charge is 0.244 e. The van der Waals surface area contributed by atoms with Crippen LogP contribution in [0.15, 0.2) is 27.6 Å². The molecule has 0 amide bonds. The Hall–Kier alpha value is -0.430. The maximum atomic E-state index is 12.0. The van der Waals surface area contributed by atoms with Crippen LogP contribution in [-0.2, 0) is 10.0 Å². The minimum atomic E-state index is -3.52. The van der Waals surface area contributed by atoms with Gasteiger partial charge in [-0.2, -0.15) is 4.31 Å². The molecule has 90 valence electrons. The zero-order valence-corrected chi connectivity index (χ0v) is 11.5. The van der Waals surface area contributed by atoms with Crippen LogP contribution in [0, 0.1) is 6.92 Å². The first-order valence-electron chi connectivity index (χ1n) is 4.73. The maximum Gasteiger partial charge on any atom is 0.244 e. The van der Waals surface area contributed by atoms with Crippen molar-refractivity contribution in [2.45, 2.75) is 11.8 Å². The molecular weight excluding hydrogens is 294 g/mol. The molecule has 1 aromatic carbocycles. The molecule has 0 aromatic heterocycles. The van der Waals surface area contributed by atoms with Crippen molar-refractivity contribution in [2.24, 2.45) is 0 Å². The normalized spacial score (nSPS) is 12.1. The van der Waals surface area contributed by atoms with Crippen LogP contribution in [0.25, 0.3) is 0 Å². The van der Waals surface area contributed by atoms with Crippen LogP contribution in [0.1, 0.15) is 5.56 Å². The number of aliphatic hydroxyl groups is 1. The fourth-order valence-electron chi connectivity index (χ4n) is 1.24. The SMILES string of the molecule is Cc1ccc(S(=O)(=O)N(C)CCO)c(Br)c1. The molecule has 0 atom stereocenters. The molecular formula is C10H14BrNO3S. The highest BCUT2D eigenvalue weighted by Gasteiger charge is 2.22. The molecule has 16 heavy (non-hydrogen) atoms. The average molecular weight is 308 g/mol. The number of benzene rings is 1. The lowest BCUT2D eigenvalue weighted by atomic mass is 10.2. The fourth-order valence-corrected chi connectivity index (χ4v) is 3.55. The van der Waals surface area contributed by atoms with Gasteiger partial charge in [-0.3, -0.25) is 0 Å². The second-order valence-electron chi connectivity index (χ2n) is 3.48. The number of nitrogens with zero attached hydrogens (tertiary/aromatic N) is 1. The monoisotopic (exact) mass is 307 g/mol. The molecule has 0 aliphatic carbocycles. The van der Waals surface area contributed by atoms with E-state index in [-0.39, 0.29) is 18.0 Å². The third-order valence-corrected chi connectivity index (χ3v) is 5.02. The third-order valence-electron chi connectivity index (χ3n) is 2.19. The van der Waals surface area contributed by atoms with Gasteiger partial charge in [0.2, 0.25) is 10.0 Å². The summed E-state index contributed by atoms with van der Waals surface area (Å²) in [4.78, 5) is 0.217. The van der Waals surface area contributed by atoms with E-state index in [0.717, 1.165) is 9.87 Å². The zero-order valence-electron chi connectivity index (χ0n) is 9.14. The first-order chi connectivity index (χ1) is 7.39. The van der Waals surface area contributed by atoms with Crippen molar-refractivity contribution in [1.29, 1.82) is 0 Å². The van der Waals surface area contributed by atoms with Gasteiger partial charge in [0.1, 0.15) is 0 Å². The highest BCUT2D eigenvalue weighted by Crippen LogP contribution is 2.25. The van der Waals surface area contributed by atoms with Crippen molar-refractivity contribution in [1.82, 2.24) is 4.31 Å². The van der Waals surface area contributed by atoms with Crippen molar-refractivity contribution >= 4 is 26.0 Å². The van der Waals surface area contributed by atoms with Crippen molar-refractivity contribution in [2.75, 3.05) is 20.2 Å². The number of likely N-dealkylation sites (N-methyl/N-ethyl adjacent to an activating group) is 1. The summed E-state index contributed by atoms with van der Waals surface area (Å²) in [6.45, 7) is 1.78. The average Bonchev–Trinajstić information content (AvgIpc) is 2.17. The first kappa shape index (κ1) is 13.6. The lowest BCUT2D eigenvalue weighted by Crippen LogP contribution is -2.29. The number of aryl methyl sites for hydroxylation is 1. The van der Waals surface area contributed by atoms with Gasteiger partial charge in [0.15, 0.2) is 0 Å². The van der Waals surface area contributed by atoms with Gasteiger partial charge in [0.25, 0.3) is 0 Å². The molecule has 1 N–H and O–H groups in total. The summed E-state index contributed by atoms with van der Waals surface area (Å²) in [5.41, 5.74) is 0.982. The lowest BCUT2D eigenvalue weighted by Gasteiger charge is -2.16. The predicted molar refractivity (Wildman–Crippen MR) is 65.8 cm³/mol. The van der Waals surface area contributed by atoms with Gasteiger partial charge >= 0.3 is 0 Å². The number of sulfonamides is 1. The second-order valence-corrected chi connectivity index (χ2v) is 6.35. The van der Waals surface area contributed by atoms with Crippen molar-refractivity contribution < 1.29 is 13.5 Å². The largest absolute Gasteiger partial charge is 0.395 e. The molecule has 0 saturated heterocycles. The minimum absolute atomic E-state index is 0.0860. The van der Waals surface area contributed by atoms with Gasteiger partial charge < -0.3 is 5.11 Å². The van der Waals surface area contributed by atoms with Crippen LogP contribution in [0.4, 0.5) is 0 Å². The highest BCUT2D eigenvalue weighted by molar-refractivity contribution is 9.10. The molecule has 0 heterocycles. The van der Waals surface area contributed by atoms with Crippen molar-refractivity contribution in [3.63, 3.8) is 0 Å². The molecule has 4 nitrogen and oxygen atoms in total.